The zero-order valence-corrected chi connectivity index (χ0v) is 17.0. The van der Waals surface area contributed by atoms with Crippen molar-refractivity contribution in [2.75, 3.05) is 19.5 Å². The van der Waals surface area contributed by atoms with E-state index in [1.807, 2.05) is 24.3 Å². The fourth-order valence-electron chi connectivity index (χ4n) is 3.02. The molecule has 0 saturated heterocycles. The Bertz CT molecular complexity index is 888. The highest BCUT2D eigenvalue weighted by molar-refractivity contribution is 7.99. The monoisotopic (exact) mass is 383 g/mol. The van der Waals surface area contributed by atoms with Crippen molar-refractivity contribution in [3.8, 4) is 22.9 Å². The van der Waals surface area contributed by atoms with Crippen molar-refractivity contribution in [1.82, 2.24) is 14.8 Å². The first-order valence-corrected chi connectivity index (χ1v) is 10.0. The van der Waals surface area contributed by atoms with Crippen LogP contribution in [0.4, 0.5) is 0 Å². The number of nitrogens with zero attached hydrogens (tertiary/aromatic N) is 3. The molecule has 0 fully saturated rings. The number of para-hydroxylation sites is 1. The van der Waals surface area contributed by atoms with E-state index >= 15 is 0 Å². The SMILES string of the molecule is CCn1c(SCCOc2cc(C)cc(C)c2)nnc1-c1ccccc1OC. The van der Waals surface area contributed by atoms with Gasteiger partial charge in [-0.05, 0) is 56.2 Å². The lowest BCUT2D eigenvalue weighted by molar-refractivity contribution is 0.343. The van der Waals surface area contributed by atoms with E-state index in [1.54, 1.807) is 18.9 Å². The Balaban J connectivity index is 1.66. The molecule has 3 aromatic rings. The minimum Gasteiger partial charge on any atom is -0.496 e. The number of methoxy groups -OCH3 is 1. The lowest BCUT2D eigenvalue weighted by Crippen LogP contribution is -2.04. The maximum Gasteiger partial charge on any atom is 0.191 e. The van der Waals surface area contributed by atoms with Crippen LogP contribution in [0.5, 0.6) is 11.5 Å². The highest BCUT2D eigenvalue weighted by Crippen LogP contribution is 2.30. The maximum atomic E-state index is 5.89. The van der Waals surface area contributed by atoms with E-state index < -0.39 is 0 Å². The summed E-state index contributed by atoms with van der Waals surface area (Å²) >= 11 is 1.65. The Morgan fingerprint density at radius 2 is 1.78 bits per heavy atom. The van der Waals surface area contributed by atoms with Gasteiger partial charge < -0.3 is 14.0 Å². The van der Waals surface area contributed by atoms with E-state index in [1.165, 1.54) is 11.1 Å². The average molecular weight is 384 g/mol. The van der Waals surface area contributed by atoms with Crippen LogP contribution >= 0.6 is 11.8 Å². The number of rotatable bonds is 8. The van der Waals surface area contributed by atoms with E-state index in [2.05, 4.69) is 53.7 Å². The van der Waals surface area contributed by atoms with Crippen molar-refractivity contribution in [1.29, 1.82) is 0 Å². The van der Waals surface area contributed by atoms with Crippen molar-refractivity contribution in [2.45, 2.75) is 32.5 Å². The van der Waals surface area contributed by atoms with Gasteiger partial charge in [0.15, 0.2) is 11.0 Å². The zero-order valence-electron chi connectivity index (χ0n) is 16.2. The minimum atomic E-state index is 0.619. The fraction of sp³-hybridized carbons (Fsp3) is 0.333. The summed E-state index contributed by atoms with van der Waals surface area (Å²) in [6, 6.07) is 14.1. The third-order valence-corrected chi connectivity index (χ3v) is 5.09. The van der Waals surface area contributed by atoms with Crippen molar-refractivity contribution >= 4 is 11.8 Å². The number of benzene rings is 2. The predicted molar refractivity (Wildman–Crippen MR) is 110 cm³/mol. The van der Waals surface area contributed by atoms with Crippen molar-refractivity contribution in [3.05, 3.63) is 53.6 Å². The van der Waals surface area contributed by atoms with Gasteiger partial charge in [0, 0.05) is 12.3 Å². The Labute approximate surface area is 164 Å². The highest BCUT2D eigenvalue weighted by atomic mass is 32.2. The van der Waals surface area contributed by atoms with Crippen molar-refractivity contribution in [2.24, 2.45) is 0 Å². The number of aromatic nitrogens is 3. The smallest absolute Gasteiger partial charge is 0.191 e. The molecule has 0 spiro atoms. The van der Waals surface area contributed by atoms with Gasteiger partial charge in [0.25, 0.3) is 0 Å². The predicted octanol–water partition coefficient (Wildman–Crippen LogP) is 4.76. The second-order valence-electron chi connectivity index (χ2n) is 6.27. The van der Waals surface area contributed by atoms with Gasteiger partial charge in [-0.2, -0.15) is 0 Å². The molecule has 3 rings (SSSR count). The lowest BCUT2D eigenvalue weighted by Gasteiger charge is -2.11. The first-order valence-electron chi connectivity index (χ1n) is 9.03. The summed E-state index contributed by atoms with van der Waals surface area (Å²) in [4.78, 5) is 0. The van der Waals surface area contributed by atoms with Crippen LogP contribution in [0.2, 0.25) is 0 Å². The van der Waals surface area contributed by atoms with Crippen LogP contribution in [0.3, 0.4) is 0 Å². The van der Waals surface area contributed by atoms with E-state index in [9.17, 15) is 0 Å². The van der Waals surface area contributed by atoms with Crippen molar-refractivity contribution < 1.29 is 9.47 Å². The molecule has 0 atom stereocenters. The summed E-state index contributed by atoms with van der Waals surface area (Å²) in [5.74, 6) is 3.35. The van der Waals surface area contributed by atoms with Crippen LogP contribution in [0.25, 0.3) is 11.4 Å². The van der Waals surface area contributed by atoms with Crippen LogP contribution < -0.4 is 9.47 Å². The fourth-order valence-corrected chi connectivity index (χ4v) is 3.84. The molecule has 0 aliphatic heterocycles. The molecule has 0 aliphatic carbocycles. The zero-order chi connectivity index (χ0) is 19.2. The molecule has 1 aromatic heterocycles. The van der Waals surface area contributed by atoms with Crippen molar-refractivity contribution in [3.63, 3.8) is 0 Å². The molecule has 5 nitrogen and oxygen atoms in total. The Hall–Kier alpha value is -2.47. The van der Waals surface area contributed by atoms with Gasteiger partial charge in [-0.1, -0.05) is 30.0 Å². The molecule has 0 N–H and O–H groups in total. The van der Waals surface area contributed by atoms with Gasteiger partial charge in [-0.25, -0.2) is 0 Å². The topological polar surface area (TPSA) is 49.2 Å². The molecule has 27 heavy (non-hydrogen) atoms. The third-order valence-electron chi connectivity index (χ3n) is 4.16. The summed E-state index contributed by atoms with van der Waals surface area (Å²) < 4.78 is 13.5. The van der Waals surface area contributed by atoms with E-state index in [0.29, 0.717) is 6.61 Å². The molecule has 142 valence electrons. The molecule has 0 amide bonds. The summed E-state index contributed by atoms with van der Waals surface area (Å²) in [5.41, 5.74) is 3.38. The number of hydrogen-bond acceptors (Lipinski definition) is 5. The van der Waals surface area contributed by atoms with Gasteiger partial charge in [-0.15, -0.1) is 10.2 Å². The largest absolute Gasteiger partial charge is 0.496 e. The number of thioether (sulfide) groups is 1. The first-order chi connectivity index (χ1) is 13.1. The normalized spacial score (nSPS) is 10.8. The molecule has 1 heterocycles. The quantitative estimate of drug-likeness (QED) is 0.414. The molecule has 0 aliphatic rings. The summed E-state index contributed by atoms with van der Waals surface area (Å²) in [6.45, 7) is 7.67. The average Bonchev–Trinajstić information content (AvgIpc) is 3.07. The highest BCUT2D eigenvalue weighted by Gasteiger charge is 2.16. The molecule has 0 unspecified atom stereocenters. The Morgan fingerprint density at radius 1 is 1.04 bits per heavy atom. The summed E-state index contributed by atoms with van der Waals surface area (Å²) in [5, 5.41) is 9.66. The Kier molecular flexibility index (Phi) is 6.40. The van der Waals surface area contributed by atoms with Crippen LogP contribution in [-0.4, -0.2) is 34.2 Å². The maximum absolute atomic E-state index is 5.89. The standard InChI is InChI=1S/C21H25N3O2S/c1-5-24-20(18-8-6-7-9-19(18)25-4)22-23-21(24)27-11-10-26-17-13-15(2)12-16(3)14-17/h6-9,12-14H,5,10-11H2,1-4H3. The Morgan fingerprint density at radius 3 is 2.48 bits per heavy atom. The van der Waals surface area contributed by atoms with Gasteiger partial charge >= 0.3 is 0 Å². The van der Waals surface area contributed by atoms with Gasteiger partial charge in [0.1, 0.15) is 11.5 Å². The van der Waals surface area contributed by atoms with Crippen LogP contribution in [-0.2, 0) is 6.54 Å². The number of hydrogen-bond donors (Lipinski definition) is 0. The van der Waals surface area contributed by atoms with Crippen LogP contribution in [0.1, 0.15) is 18.1 Å². The molecule has 2 aromatic carbocycles. The molecule has 0 radical (unpaired) electrons. The van der Waals surface area contributed by atoms with Gasteiger partial charge in [0.2, 0.25) is 0 Å². The first kappa shape index (κ1) is 19.3. The van der Waals surface area contributed by atoms with E-state index in [4.69, 9.17) is 9.47 Å². The number of aryl methyl sites for hydroxylation is 2. The van der Waals surface area contributed by atoms with E-state index in [0.717, 1.165) is 40.3 Å². The molecule has 6 heteroatoms. The molecule has 0 bridgehead atoms. The molecule has 0 saturated carbocycles. The third kappa shape index (κ3) is 4.63. The van der Waals surface area contributed by atoms with Crippen LogP contribution in [0, 0.1) is 13.8 Å². The van der Waals surface area contributed by atoms with Gasteiger partial charge in [-0.3, -0.25) is 0 Å². The lowest BCUT2D eigenvalue weighted by atomic mass is 10.1. The second-order valence-corrected chi connectivity index (χ2v) is 7.33. The molecular weight excluding hydrogens is 358 g/mol. The second kappa shape index (κ2) is 8.95. The minimum absolute atomic E-state index is 0.619. The number of ether oxygens (including phenoxy) is 2. The van der Waals surface area contributed by atoms with Gasteiger partial charge in [0.05, 0.1) is 19.3 Å². The summed E-state index contributed by atoms with van der Waals surface area (Å²) in [7, 11) is 1.67. The van der Waals surface area contributed by atoms with Crippen LogP contribution in [0.15, 0.2) is 47.6 Å². The summed E-state index contributed by atoms with van der Waals surface area (Å²) in [6.07, 6.45) is 0. The molecular formula is C21H25N3O2S. The van der Waals surface area contributed by atoms with E-state index in [-0.39, 0.29) is 0 Å².